The Bertz CT molecular complexity index is 670. The molecule has 25 heavy (non-hydrogen) atoms. The van der Waals surface area contributed by atoms with Crippen LogP contribution < -0.4 is 10.1 Å². The molecule has 4 heteroatoms. The van der Waals surface area contributed by atoms with Crippen molar-refractivity contribution in [1.82, 2.24) is 5.32 Å². The summed E-state index contributed by atoms with van der Waals surface area (Å²) in [5.41, 5.74) is 2.20. The smallest absolute Gasteiger partial charge is 0.260 e. The van der Waals surface area contributed by atoms with Gasteiger partial charge in [0, 0.05) is 12.5 Å². The van der Waals surface area contributed by atoms with Crippen molar-refractivity contribution in [1.29, 1.82) is 0 Å². The topological polar surface area (TPSA) is 58.6 Å². The molecule has 0 aromatic heterocycles. The number of nitrogens with one attached hydrogen (secondary N) is 1. The molecule has 0 aliphatic carbocycles. The van der Waals surface area contributed by atoms with Crippen molar-refractivity contribution >= 4 is 5.91 Å². The molecule has 0 aliphatic rings. The third kappa shape index (κ3) is 6.24. The van der Waals surface area contributed by atoms with Gasteiger partial charge in [-0.15, -0.1) is 0 Å². The number of amides is 1. The number of aliphatic hydroxyl groups excluding tert-OH is 1. The van der Waals surface area contributed by atoms with Gasteiger partial charge in [0.1, 0.15) is 5.75 Å². The van der Waals surface area contributed by atoms with Crippen molar-refractivity contribution in [2.45, 2.75) is 45.3 Å². The summed E-state index contributed by atoms with van der Waals surface area (Å²) in [6.45, 7) is 5.96. The molecular weight excluding hydrogens is 314 g/mol. The normalized spacial score (nSPS) is 14.4. The van der Waals surface area contributed by atoms with E-state index in [2.05, 4.69) is 5.32 Å². The number of ether oxygens (including phenoxy) is 1. The van der Waals surface area contributed by atoms with Crippen LogP contribution in [0.3, 0.4) is 0 Å². The minimum atomic E-state index is -0.579. The maximum Gasteiger partial charge on any atom is 0.260 e. The minimum Gasteiger partial charge on any atom is -0.481 e. The molecule has 0 radical (unpaired) electrons. The largest absolute Gasteiger partial charge is 0.481 e. The summed E-state index contributed by atoms with van der Waals surface area (Å²) in [5.74, 6) is 0.593. The Morgan fingerprint density at radius 3 is 2.48 bits per heavy atom. The fourth-order valence-electron chi connectivity index (χ4n) is 2.79. The van der Waals surface area contributed by atoms with Crippen LogP contribution in [-0.2, 0) is 4.79 Å². The fourth-order valence-corrected chi connectivity index (χ4v) is 2.79. The summed E-state index contributed by atoms with van der Waals surface area (Å²) in [4.78, 5) is 12.4. The number of aryl methyl sites for hydroxylation is 1. The Labute approximate surface area is 149 Å². The lowest BCUT2D eigenvalue weighted by molar-refractivity contribution is -0.127. The van der Waals surface area contributed by atoms with Gasteiger partial charge in [-0.25, -0.2) is 0 Å². The zero-order chi connectivity index (χ0) is 18.2. The van der Waals surface area contributed by atoms with Crippen LogP contribution in [0, 0.1) is 6.92 Å². The first-order valence-corrected chi connectivity index (χ1v) is 8.69. The summed E-state index contributed by atoms with van der Waals surface area (Å²) < 4.78 is 5.71. The van der Waals surface area contributed by atoms with E-state index in [-0.39, 0.29) is 11.8 Å². The second kappa shape index (κ2) is 9.23. The van der Waals surface area contributed by atoms with Gasteiger partial charge >= 0.3 is 0 Å². The number of aliphatic hydroxyl groups is 1. The summed E-state index contributed by atoms with van der Waals surface area (Å²) in [6, 6.07) is 17.6. The van der Waals surface area contributed by atoms with E-state index in [4.69, 9.17) is 4.74 Å². The lowest BCUT2D eigenvalue weighted by atomic mass is 9.93. The highest BCUT2D eigenvalue weighted by Gasteiger charge is 2.19. The van der Waals surface area contributed by atoms with Gasteiger partial charge < -0.3 is 15.2 Å². The zero-order valence-corrected chi connectivity index (χ0v) is 15.1. The van der Waals surface area contributed by atoms with E-state index in [1.54, 1.807) is 13.8 Å². The first kappa shape index (κ1) is 19.0. The highest BCUT2D eigenvalue weighted by atomic mass is 16.5. The molecular formula is C21H27NO3. The molecule has 2 rings (SSSR count). The summed E-state index contributed by atoms with van der Waals surface area (Å²) >= 11 is 0. The van der Waals surface area contributed by atoms with Crippen molar-refractivity contribution in [2.75, 3.05) is 6.54 Å². The summed E-state index contributed by atoms with van der Waals surface area (Å²) in [6.07, 6.45) is -0.412. The molecule has 1 amide bonds. The Kier molecular flexibility index (Phi) is 7.02. The minimum absolute atomic E-state index is 0.0660. The van der Waals surface area contributed by atoms with Gasteiger partial charge in [-0.3, -0.25) is 4.79 Å². The van der Waals surface area contributed by atoms with Gasteiger partial charge in [-0.2, -0.15) is 0 Å². The van der Waals surface area contributed by atoms with E-state index in [1.165, 1.54) is 0 Å². The van der Waals surface area contributed by atoms with E-state index in [1.807, 2.05) is 61.5 Å². The van der Waals surface area contributed by atoms with Gasteiger partial charge in [-0.1, -0.05) is 42.5 Å². The second-order valence-corrected chi connectivity index (χ2v) is 6.51. The molecule has 0 saturated heterocycles. The standard InChI is InChI=1S/C21H27NO3/c1-15-8-7-11-20(12-15)25-17(3)21(24)22-14-19(13-16(2)23)18-9-5-4-6-10-18/h4-12,16-17,19,23H,13-14H2,1-3H3,(H,22,24). The van der Waals surface area contributed by atoms with Gasteiger partial charge in [0.15, 0.2) is 6.10 Å². The fraction of sp³-hybridized carbons (Fsp3) is 0.381. The van der Waals surface area contributed by atoms with Crippen LogP contribution in [0.4, 0.5) is 0 Å². The molecule has 2 aromatic rings. The van der Waals surface area contributed by atoms with Crippen LogP contribution in [0.2, 0.25) is 0 Å². The van der Waals surface area contributed by atoms with E-state index in [9.17, 15) is 9.90 Å². The van der Waals surface area contributed by atoms with Gasteiger partial charge in [0.2, 0.25) is 0 Å². The maximum absolute atomic E-state index is 12.4. The number of carbonyl (C=O) groups is 1. The SMILES string of the molecule is Cc1cccc(OC(C)C(=O)NCC(CC(C)O)c2ccccc2)c1. The molecule has 2 aromatic carbocycles. The van der Waals surface area contributed by atoms with Crippen molar-refractivity contribution in [3.63, 3.8) is 0 Å². The van der Waals surface area contributed by atoms with Gasteiger partial charge in [-0.05, 0) is 50.5 Å². The van der Waals surface area contributed by atoms with Crippen molar-refractivity contribution in [2.24, 2.45) is 0 Å². The van der Waals surface area contributed by atoms with E-state index < -0.39 is 12.2 Å². The Morgan fingerprint density at radius 2 is 1.84 bits per heavy atom. The molecule has 0 fully saturated rings. The number of rotatable bonds is 8. The van der Waals surface area contributed by atoms with Gasteiger partial charge in [0.25, 0.3) is 5.91 Å². The molecule has 3 unspecified atom stereocenters. The zero-order valence-electron chi connectivity index (χ0n) is 15.1. The van der Waals surface area contributed by atoms with E-state index in [0.717, 1.165) is 11.1 Å². The summed E-state index contributed by atoms with van der Waals surface area (Å²) in [5, 5.41) is 12.7. The van der Waals surface area contributed by atoms with Crippen LogP contribution in [0.1, 0.15) is 37.3 Å². The Morgan fingerprint density at radius 1 is 1.12 bits per heavy atom. The molecule has 0 bridgehead atoms. The maximum atomic E-state index is 12.4. The number of hydrogen-bond donors (Lipinski definition) is 2. The highest BCUT2D eigenvalue weighted by Crippen LogP contribution is 2.20. The molecule has 0 saturated carbocycles. The lowest BCUT2D eigenvalue weighted by Crippen LogP contribution is -2.38. The predicted octanol–water partition coefficient (Wildman–Crippen LogP) is 3.43. The van der Waals surface area contributed by atoms with Crippen LogP contribution in [0.25, 0.3) is 0 Å². The van der Waals surface area contributed by atoms with Gasteiger partial charge in [0.05, 0.1) is 6.10 Å². The van der Waals surface area contributed by atoms with Crippen molar-refractivity contribution in [3.05, 3.63) is 65.7 Å². The molecule has 0 aliphatic heterocycles. The quantitative estimate of drug-likeness (QED) is 0.773. The first-order valence-electron chi connectivity index (χ1n) is 8.69. The van der Waals surface area contributed by atoms with Crippen LogP contribution >= 0.6 is 0 Å². The predicted molar refractivity (Wildman–Crippen MR) is 99.8 cm³/mol. The van der Waals surface area contributed by atoms with Crippen LogP contribution in [0.5, 0.6) is 5.75 Å². The second-order valence-electron chi connectivity index (χ2n) is 6.51. The van der Waals surface area contributed by atoms with E-state index in [0.29, 0.717) is 18.7 Å². The Balaban J connectivity index is 1.93. The molecule has 0 spiro atoms. The van der Waals surface area contributed by atoms with Crippen molar-refractivity contribution < 1.29 is 14.6 Å². The third-order valence-electron chi connectivity index (χ3n) is 4.09. The third-order valence-corrected chi connectivity index (χ3v) is 4.09. The average Bonchev–Trinajstić information content (AvgIpc) is 2.58. The average molecular weight is 341 g/mol. The highest BCUT2D eigenvalue weighted by molar-refractivity contribution is 5.80. The first-order chi connectivity index (χ1) is 12.0. The number of benzene rings is 2. The Hall–Kier alpha value is -2.33. The number of carbonyl (C=O) groups excluding carboxylic acids is 1. The van der Waals surface area contributed by atoms with Crippen LogP contribution in [0.15, 0.2) is 54.6 Å². The van der Waals surface area contributed by atoms with Crippen LogP contribution in [-0.4, -0.2) is 29.8 Å². The van der Waals surface area contributed by atoms with Crippen molar-refractivity contribution in [3.8, 4) is 5.75 Å². The molecule has 4 nitrogen and oxygen atoms in total. The van der Waals surface area contributed by atoms with E-state index >= 15 is 0 Å². The summed E-state index contributed by atoms with van der Waals surface area (Å²) in [7, 11) is 0. The molecule has 134 valence electrons. The molecule has 2 N–H and O–H groups in total. The number of hydrogen-bond acceptors (Lipinski definition) is 3. The molecule has 0 heterocycles. The monoisotopic (exact) mass is 341 g/mol. The molecule has 3 atom stereocenters. The lowest BCUT2D eigenvalue weighted by Gasteiger charge is -2.21.